The lowest BCUT2D eigenvalue weighted by molar-refractivity contribution is -0.120. The molecule has 4 heteroatoms. The minimum Gasteiger partial charge on any atom is -0.328 e. The molecule has 2 rings (SSSR count). The zero-order valence-electron chi connectivity index (χ0n) is 11.6. The van der Waals surface area contributed by atoms with Crippen LogP contribution in [0.3, 0.4) is 0 Å². The number of carbonyl (C=O) groups excluding carboxylic acids is 1. The summed E-state index contributed by atoms with van der Waals surface area (Å²) < 4.78 is 0. The molecule has 1 amide bonds. The van der Waals surface area contributed by atoms with Crippen molar-refractivity contribution in [3.63, 3.8) is 0 Å². The largest absolute Gasteiger partial charge is 0.328 e. The first-order valence-corrected chi connectivity index (χ1v) is 6.70. The predicted octanol–water partition coefficient (Wildman–Crippen LogP) is 3.18. The van der Waals surface area contributed by atoms with E-state index in [4.69, 9.17) is 5.73 Å². The predicted molar refractivity (Wildman–Crippen MR) is 81.7 cm³/mol. The second-order valence-electron chi connectivity index (χ2n) is 5.43. The third-order valence-electron chi connectivity index (χ3n) is 3.73. The summed E-state index contributed by atoms with van der Waals surface area (Å²) in [5.74, 6) is 0.201. The summed E-state index contributed by atoms with van der Waals surface area (Å²) in [5.41, 5.74) is 9.17. The maximum atomic E-state index is 12.2. The van der Waals surface area contributed by atoms with E-state index in [1.807, 2.05) is 19.1 Å². The molecule has 0 bridgehead atoms. The van der Waals surface area contributed by atoms with Gasteiger partial charge in [-0.2, -0.15) is 0 Å². The van der Waals surface area contributed by atoms with Crippen molar-refractivity contribution in [2.45, 2.75) is 45.6 Å². The first-order valence-electron chi connectivity index (χ1n) is 6.70. The number of aryl methyl sites for hydroxylation is 2. The van der Waals surface area contributed by atoms with Crippen molar-refractivity contribution < 1.29 is 4.79 Å². The molecule has 106 valence electrons. The molecule has 1 aromatic carbocycles. The average molecular weight is 283 g/mol. The highest BCUT2D eigenvalue weighted by Crippen LogP contribution is 2.25. The van der Waals surface area contributed by atoms with Crippen molar-refractivity contribution in [3.05, 3.63) is 29.3 Å². The van der Waals surface area contributed by atoms with E-state index in [0.29, 0.717) is 0 Å². The van der Waals surface area contributed by atoms with Crippen LogP contribution in [0, 0.1) is 19.8 Å². The number of amides is 1. The van der Waals surface area contributed by atoms with Crippen LogP contribution in [0.2, 0.25) is 0 Å². The average Bonchev–Trinajstić information content (AvgIpc) is 2.32. The smallest absolute Gasteiger partial charge is 0.227 e. The lowest BCUT2D eigenvalue weighted by atomic mass is 9.85. The second-order valence-corrected chi connectivity index (χ2v) is 5.43. The topological polar surface area (TPSA) is 55.1 Å². The fourth-order valence-corrected chi connectivity index (χ4v) is 2.65. The van der Waals surface area contributed by atoms with Gasteiger partial charge in [-0.15, -0.1) is 12.4 Å². The Kier molecular flexibility index (Phi) is 5.83. The van der Waals surface area contributed by atoms with E-state index in [9.17, 15) is 4.79 Å². The molecular weight excluding hydrogens is 260 g/mol. The fraction of sp³-hybridized carbons (Fsp3) is 0.533. The Hall–Kier alpha value is -1.06. The molecule has 0 aromatic heterocycles. The molecule has 0 saturated heterocycles. The van der Waals surface area contributed by atoms with Gasteiger partial charge >= 0.3 is 0 Å². The Labute approximate surface area is 121 Å². The van der Waals surface area contributed by atoms with E-state index in [1.54, 1.807) is 0 Å². The lowest BCUT2D eigenvalue weighted by Gasteiger charge is -2.25. The van der Waals surface area contributed by atoms with Crippen molar-refractivity contribution in [2.24, 2.45) is 11.7 Å². The van der Waals surface area contributed by atoms with Gasteiger partial charge < -0.3 is 11.1 Å². The Morgan fingerprint density at radius 2 is 2.05 bits per heavy atom. The van der Waals surface area contributed by atoms with E-state index in [0.717, 1.165) is 36.9 Å². The number of benzene rings is 1. The van der Waals surface area contributed by atoms with Gasteiger partial charge in [0.2, 0.25) is 5.91 Å². The number of nitrogens with two attached hydrogens (primary N) is 1. The highest BCUT2D eigenvalue weighted by atomic mass is 35.5. The molecule has 2 unspecified atom stereocenters. The summed E-state index contributed by atoms with van der Waals surface area (Å²) >= 11 is 0. The zero-order valence-corrected chi connectivity index (χ0v) is 12.4. The molecule has 1 aliphatic rings. The number of rotatable bonds is 2. The molecule has 1 fully saturated rings. The molecule has 0 spiro atoms. The Balaban J connectivity index is 0.00000180. The molecule has 3 N–H and O–H groups in total. The van der Waals surface area contributed by atoms with Gasteiger partial charge in [0, 0.05) is 17.6 Å². The first-order chi connectivity index (χ1) is 8.56. The van der Waals surface area contributed by atoms with Crippen LogP contribution in [0.4, 0.5) is 5.69 Å². The van der Waals surface area contributed by atoms with Gasteiger partial charge in [0.05, 0.1) is 0 Å². The second kappa shape index (κ2) is 6.92. The van der Waals surface area contributed by atoms with Crippen LogP contribution >= 0.6 is 12.4 Å². The molecule has 3 nitrogen and oxygen atoms in total. The van der Waals surface area contributed by atoms with Crippen molar-refractivity contribution in [1.29, 1.82) is 0 Å². The van der Waals surface area contributed by atoms with Crippen molar-refractivity contribution in [2.75, 3.05) is 5.32 Å². The number of carbonyl (C=O) groups is 1. The Morgan fingerprint density at radius 1 is 1.32 bits per heavy atom. The summed E-state index contributed by atoms with van der Waals surface area (Å²) in [7, 11) is 0. The van der Waals surface area contributed by atoms with E-state index in [2.05, 4.69) is 18.3 Å². The quantitative estimate of drug-likeness (QED) is 0.875. The third kappa shape index (κ3) is 4.22. The van der Waals surface area contributed by atoms with Crippen LogP contribution in [-0.2, 0) is 4.79 Å². The number of hydrogen-bond acceptors (Lipinski definition) is 2. The maximum Gasteiger partial charge on any atom is 0.227 e. The molecule has 0 heterocycles. The van der Waals surface area contributed by atoms with E-state index >= 15 is 0 Å². The monoisotopic (exact) mass is 282 g/mol. The maximum absolute atomic E-state index is 12.2. The number of hydrogen-bond donors (Lipinski definition) is 2. The van der Waals surface area contributed by atoms with E-state index in [1.165, 1.54) is 5.56 Å². The Morgan fingerprint density at radius 3 is 2.68 bits per heavy atom. The van der Waals surface area contributed by atoms with Crippen LogP contribution in [-0.4, -0.2) is 11.9 Å². The molecule has 1 aromatic rings. The van der Waals surface area contributed by atoms with Crippen molar-refractivity contribution in [1.82, 2.24) is 0 Å². The molecule has 0 radical (unpaired) electrons. The highest BCUT2D eigenvalue weighted by molar-refractivity contribution is 5.93. The SMILES string of the molecule is Cc1ccc(NC(=O)C2CCCC(N)C2)c(C)c1.Cl. The highest BCUT2D eigenvalue weighted by Gasteiger charge is 2.25. The van der Waals surface area contributed by atoms with Gasteiger partial charge in [-0.25, -0.2) is 0 Å². The number of anilines is 1. The summed E-state index contributed by atoms with van der Waals surface area (Å²) in [6.07, 6.45) is 3.89. The fourth-order valence-electron chi connectivity index (χ4n) is 2.65. The standard InChI is InChI=1S/C15H22N2O.ClH/c1-10-6-7-14(11(2)8-10)17-15(18)12-4-3-5-13(16)9-12;/h6-8,12-13H,3-5,9,16H2,1-2H3,(H,17,18);1H. The van der Waals surface area contributed by atoms with Crippen molar-refractivity contribution in [3.8, 4) is 0 Å². The summed E-state index contributed by atoms with van der Waals surface area (Å²) in [6, 6.07) is 6.27. The molecule has 19 heavy (non-hydrogen) atoms. The van der Waals surface area contributed by atoms with Crippen LogP contribution in [0.5, 0.6) is 0 Å². The van der Waals surface area contributed by atoms with Gasteiger partial charge in [-0.05, 0) is 44.7 Å². The molecule has 1 aliphatic carbocycles. The summed E-state index contributed by atoms with van der Waals surface area (Å²) in [4.78, 5) is 12.2. The zero-order chi connectivity index (χ0) is 13.1. The molecule has 1 saturated carbocycles. The van der Waals surface area contributed by atoms with Crippen LogP contribution < -0.4 is 11.1 Å². The van der Waals surface area contributed by atoms with E-state index in [-0.39, 0.29) is 30.3 Å². The van der Waals surface area contributed by atoms with Crippen LogP contribution in [0.15, 0.2) is 18.2 Å². The molecular formula is C15H23ClN2O. The molecule has 0 aliphatic heterocycles. The third-order valence-corrected chi connectivity index (χ3v) is 3.73. The minimum absolute atomic E-state index is 0. The van der Waals surface area contributed by atoms with Gasteiger partial charge in [0.1, 0.15) is 0 Å². The number of halogens is 1. The lowest BCUT2D eigenvalue weighted by Crippen LogP contribution is -2.34. The number of nitrogens with one attached hydrogen (secondary N) is 1. The van der Waals surface area contributed by atoms with Crippen LogP contribution in [0.1, 0.15) is 36.8 Å². The van der Waals surface area contributed by atoms with Gasteiger partial charge in [-0.1, -0.05) is 24.1 Å². The van der Waals surface area contributed by atoms with Gasteiger partial charge in [0.25, 0.3) is 0 Å². The first kappa shape index (κ1) is 16.0. The van der Waals surface area contributed by atoms with Gasteiger partial charge in [0.15, 0.2) is 0 Å². The Bertz CT molecular complexity index is 448. The van der Waals surface area contributed by atoms with Crippen molar-refractivity contribution >= 4 is 24.0 Å². The summed E-state index contributed by atoms with van der Waals surface area (Å²) in [5, 5.41) is 3.03. The summed E-state index contributed by atoms with van der Waals surface area (Å²) in [6.45, 7) is 4.08. The van der Waals surface area contributed by atoms with Gasteiger partial charge in [-0.3, -0.25) is 4.79 Å². The normalized spacial score (nSPS) is 22.5. The molecule has 2 atom stereocenters. The van der Waals surface area contributed by atoms with E-state index < -0.39 is 0 Å². The van der Waals surface area contributed by atoms with Crippen LogP contribution in [0.25, 0.3) is 0 Å². The minimum atomic E-state index is 0.